The largest absolute Gasteiger partial charge is 0.497 e. The monoisotopic (exact) mass is 442 g/mol. The predicted molar refractivity (Wildman–Crippen MR) is 124 cm³/mol. The smallest absolute Gasteiger partial charge is 0.261 e. The average Bonchev–Trinajstić information content (AvgIpc) is 2.76. The quantitative estimate of drug-likeness (QED) is 0.606. The zero-order valence-corrected chi connectivity index (χ0v) is 19.8. The highest BCUT2D eigenvalue weighted by Gasteiger charge is 2.31. The lowest BCUT2D eigenvalue weighted by molar-refractivity contribution is -0.143. The van der Waals surface area contributed by atoms with Crippen LogP contribution in [0.5, 0.6) is 17.2 Å². The Kier molecular flexibility index (Phi) is 8.93. The van der Waals surface area contributed by atoms with Gasteiger partial charge in [0, 0.05) is 12.1 Å². The lowest BCUT2D eigenvalue weighted by atomic mass is 10.1. The first-order chi connectivity index (χ1) is 15.2. The molecule has 0 aliphatic rings. The van der Waals surface area contributed by atoms with E-state index in [2.05, 4.69) is 5.32 Å². The first kappa shape index (κ1) is 25.0. The molecule has 0 aliphatic carbocycles. The van der Waals surface area contributed by atoms with Crippen LogP contribution in [0.1, 0.15) is 39.7 Å². The molecular weight excluding hydrogens is 408 g/mol. The molecule has 0 spiro atoms. The number of hydrogen-bond donors (Lipinski definition) is 1. The number of para-hydroxylation sites is 2. The van der Waals surface area contributed by atoms with Gasteiger partial charge in [-0.15, -0.1) is 0 Å². The number of benzene rings is 2. The van der Waals surface area contributed by atoms with Crippen LogP contribution in [0.3, 0.4) is 0 Å². The molecule has 0 aromatic heterocycles. The summed E-state index contributed by atoms with van der Waals surface area (Å²) in [6, 6.07) is 13.9. The van der Waals surface area contributed by atoms with Gasteiger partial charge in [0.15, 0.2) is 18.1 Å². The van der Waals surface area contributed by atoms with E-state index in [1.54, 1.807) is 31.3 Å². The van der Waals surface area contributed by atoms with Gasteiger partial charge >= 0.3 is 0 Å². The van der Waals surface area contributed by atoms with Crippen molar-refractivity contribution in [3.8, 4) is 17.2 Å². The molecule has 2 rings (SSSR count). The zero-order chi connectivity index (χ0) is 23.7. The van der Waals surface area contributed by atoms with Gasteiger partial charge in [0.25, 0.3) is 5.91 Å². The maximum absolute atomic E-state index is 13.3. The van der Waals surface area contributed by atoms with Crippen molar-refractivity contribution >= 4 is 11.8 Å². The van der Waals surface area contributed by atoms with Crippen LogP contribution in [0.15, 0.2) is 48.5 Å². The second-order valence-electron chi connectivity index (χ2n) is 8.48. The van der Waals surface area contributed by atoms with E-state index in [1.165, 1.54) is 0 Å². The van der Waals surface area contributed by atoms with E-state index in [0.717, 1.165) is 5.56 Å². The third kappa shape index (κ3) is 7.18. The summed E-state index contributed by atoms with van der Waals surface area (Å²) in [6.07, 6.45) is 0.465. The lowest BCUT2D eigenvalue weighted by Crippen LogP contribution is -2.54. The summed E-state index contributed by atoms with van der Waals surface area (Å²) in [7, 11) is 3.14. The molecule has 32 heavy (non-hydrogen) atoms. The average molecular weight is 443 g/mol. The van der Waals surface area contributed by atoms with Crippen LogP contribution in [0.25, 0.3) is 0 Å². The molecule has 2 aromatic rings. The van der Waals surface area contributed by atoms with Crippen LogP contribution in [0, 0.1) is 0 Å². The summed E-state index contributed by atoms with van der Waals surface area (Å²) < 4.78 is 16.4. The standard InChI is InChI=1S/C25H34N2O5/c1-7-20(24(29)26-25(2,3)4)27(16-18-11-10-12-19(15-18)30-5)23(28)17-32-22-14-9-8-13-21(22)31-6/h8-15,20H,7,16-17H2,1-6H3,(H,26,29)/t20-/m0/s1. The summed E-state index contributed by atoms with van der Waals surface area (Å²) >= 11 is 0. The van der Waals surface area contributed by atoms with Gasteiger partial charge in [-0.2, -0.15) is 0 Å². The third-order valence-electron chi connectivity index (χ3n) is 4.79. The number of hydrogen-bond acceptors (Lipinski definition) is 5. The Morgan fingerprint density at radius 1 is 1.00 bits per heavy atom. The van der Waals surface area contributed by atoms with Gasteiger partial charge in [-0.3, -0.25) is 9.59 Å². The highest BCUT2D eigenvalue weighted by molar-refractivity contribution is 5.88. The number of carbonyl (C=O) groups is 2. The molecule has 0 radical (unpaired) electrons. The summed E-state index contributed by atoms with van der Waals surface area (Å²) in [5, 5.41) is 2.99. The molecule has 0 fully saturated rings. The van der Waals surface area contributed by atoms with Gasteiger partial charge in [-0.1, -0.05) is 31.2 Å². The molecule has 2 aromatic carbocycles. The van der Waals surface area contributed by atoms with E-state index < -0.39 is 11.6 Å². The third-order valence-corrected chi connectivity index (χ3v) is 4.79. The molecule has 0 unspecified atom stereocenters. The van der Waals surface area contributed by atoms with Crippen molar-refractivity contribution in [3.05, 3.63) is 54.1 Å². The fourth-order valence-electron chi connectivity index (χ4n) is 3.30. The molecule has 0 saturated heterocycles. The zero-order valence-electron chi connectivity index (χ0n) is 19.8. The van der Waals surface area contributed by atoms with Crippen molar-refractivity contribution in [2.24, 2.45) is 0 Å². The Hall–Kier alpha value is -3.22. The second kappa shape index (κ2) is 11.4. The number of rotatable bonds is 10. The Balaban J connectivity index is 2.28. The van der Waals surface area contributed by atoms with Crippen LogP contribution in [0.2, 0.25) is 0 Å². The Bertz CT molecular complexity index is 907. The summed E-state index contributed by atoms with van der Waals surface area (Å²) in [4.78, 5) is 27.9. The van der Waals surface area contributed by atoms with Gasteiger partial charge in [0.2, 0.25) is 5.91 Å². The van der Waals surface area contributed by atoms with Gasteiger partial charge in [-0.05, 0) is 57.0 Å². The SMILES string of the molecule is CC[C@@H](C(=O)NC(C)(C)C)N(Cc1cccc(OC)c1)C(=O)COc1ccccc1OC. The van der Waals surface area contributed by atoms with E-state index in [-0.39, 0.29) is 25.0 Å². The molecule has 7 heteroatoms. The minimum atomic E-state index is -0.644. The molecule has 0 saturated carbocycles. The van der Waals surface area contributed by atoms with Crippen molar-refractivity contribution < 1.29 is 23.8 Å². The topological polar surface area (TPSA) is 77.1 Å². The molecule has 2 amide bonds. The first-order valence-electron chi connectivity index (χ1n) is 10.7. The lowest BCUT2D eigenvalue weighted by Gasteiger charge is -2.33. The first-order valence-corrected chi connectivity index (χ1v) is 10.7. The summed E-state index contributed by atoms with van der Waals surface area (Å²) in [6.45, 7) is 7.66. The van der Waals surface area contributed by atoms with Gasteiger partial charge < -0.3 is 24.4 Å². The van der Waals surface area contributed by atoms with Crippen molar-refractivity contribution in [3.63, 3.8) is 0 Å². The molecule has 0 bridgehead atoms. The van der Waals surface area contributed by atoms with E-state index in [0.29, 0.717) is 23.7 Å². The predicted octanol–water partition coefficient (Wildman–Crippen LogP) is 3.80. The van der Waals surface area contributed by atoms with E-state index >= 15 is 0 Å². The fourth-order valence-corrected chi connectivity index (χ4v) is 3.30. The van der Waals surface area contributed by atoms with Crippen LogP contribution in [-0.4, -0.2) is 49.1 Å². The van der Waals surface area contributed by atoms with Crippen LogP contribution in [0.4, 0.5) is 0 Å². The minimum Gasteiger partial charge on any atom is -0.497 e. The van der Waals surface area contributed by atoms with Crippen LogP contribution < -0.4 is 19.5 Å². The number of carbonyl (C=O) groups excluding carboxylic acids is 2. The highest BCUT2D eigenvalue weighted by Crippen LogP contribution is 2.26. The molecule has 1 atom stereocenters. The minimum absolute atomic E-state index is 0.200. The number of nitrogens with zero attached hydrogens (tertiary/aromatic N) is 1. The number of amides is 2. The van der Waals surface area contributed by atoms with Crippen LogP contribution in [-0.2, 0) is 16.1 Å². The van der Waals surface area contributed by atoms with Gasteiger partial charge in [0.05, 0.1) is 14.2 Å². The van der Waals surface area contributed by atoms with Crippen LogP contribution >= 0.6 is 0 Å². The van der Waals surface area contributed by atoms with Crippen molar-refractivity contribution in [1.29, 1.82) is 0 Å². The number of ether oxygens (including phenoxy) is 3. The number of nitrogens with one attached hydrogen (secondary N) is 1. The van der Waals surface area contributed by atoms with Gasteiger partial charge in [-0.25, -0.2) is 0 Å². The Morgan fingerprint density at radius 3 is 2.28 bits per heavy atom. The normalized spacial score (nSPS) is 11.9. The van der Waals surface area contributed by atoms with E-state index in [1.807, 2.05) is 64.1 Å². The molecule has 174 valence electrons. The summed E-state index contributed by atoms with van der Waals surface area (Å²) in [5.74, 6) is 1.20. The Labute approximate surface area is 190 Å². The molecule has 7 nitrogen and oxygen atoms in total. The maximum atomic E-state index is 13.3. The molecule has 1 N–H and O–H groups in total. The molecule has 0 aliphatic heterocycles. The van der Waals surface area contributed by atoms with E-state index in [4.69, 9.17) is 14.2 Å². The number of methoxy groups -OCH3 is 2. The molecular formula is C25H34N2O5. The van der Waals surface area contributed by atoms with Crippen molar-refractivity contribution in [2.75, 3.05) is 20.8 Å². The molecule has 0 heterocycles. The fraction of sp³-hybridized carbons (Fsp3) is 0.440. The van der Waals surface area contributed by atoms with Crippen molar-refractivity contribution in [1.82, 2.24) is 10.2 Å². The maximum Gasteiger partial charge on any atom is 0.261 e. The second-order valence-corrected chi connectivity index (χ2v) is 8.48. The Morgan fingerprint density at radius 2 is 1.69 bits per heavy atom. The highest BCUT2D eigenvalue weighted by atomic mass is 16.5. The van der Waals surface area contributed by atoms with E-state index in [9.17, 15) is 9.59 Å². The summed E-state index contributed by atoms with van der Waals surface area (Å²) in [5.41, 5.74) is 0.445. The van der Waals surface area contributed by atoms with Gasteiger partial charge in [0.1, 0.15) is 11.8 Å². The van der Waals surface area contributed by atoms with Crippen molar-refractivity contribution in [2.45, 2.75) is 52.2 Å².